The summed E-state index contributed by atoms with van der Waals surface area (Å²) in [5.41, 5.74) is 9.64. The highest BCUT2D eigenvalue weighted by atomic mass is 16.4. The lowest BCUT2D eigenvalue weighted by molar-refractivity contribution is 0.620. The Bertz CT molecular complexity index is 2460. The highest BCUT2D eigenvalue weighted by Gasteiger charge is 2.19. The van der Waals surface area contributed by atoms with E-state index in [0.717, 1.165) is 60.9 Å². The van der Waals surface area contributed by atoms with Gasteiger partial charge in [-0.15, -0.1) is 0 Å². The fraction of sp³-hybridized carbons (Fsp3) is 0. The van der Waals surface area contributed by atoms with Crippen molar-refractivity contribution in [1.82, 2.24) is 4.98 Å². The summed E-state index contributed by atoms with van der Waals surface area (Å²) >= 11 is 0. The van der Waals surface area contributed by atoms with Crippen molar-refractivity contribution in [3.05, 3.63) is 158 Å². The molecule has 45 heavy (non-hydrogen) atoms. The molecule has 7 aromatic carbocycles. The molecule has 4 heteroatoms. The first-order chi connectivity index (χ1) is 22.3. The molecule has 0 bridgehead atoms. The van der Waals surface area contributed by atoms with Gasteiger partial charge in [-0.25, -0.2) is 4.98 Å². The molecule has 9 rings (SSSR count). The zero-order chi connectivity index (χ0) is 29.7. The molecule has 0 atom stereocenters. The molecule has 212 valence electrons. The Balaban J connectivity index is 1.17. The summed E-state index contributed by atoms with van der Waals surface area (Å²) in [6.45, 7) is 0. The number of aromatic nitrogens is 1. The van der Waals surface area contributed by atoms with Crippen molar-refractivity contribution in [3.8, 4) is 22.6 Å². The largest absolute Gasteiger partial charge is 0.454 e. The second kappa shape index (κ2) is 10.2. The topological polar surface area (TPSA) is 42.4 Å². The number of anilines is 3. The van der Waals surface area contributed by atoms with Gasteiger partial charge in [0.05, 0.1) is 0 Å². The number of benzene rings is 7. The molecule has 0 saturated heterocycles. The van der Waals surface area contributed by atoms with E-state index in [-0.39, 0.29) is 0 Å². The van der Waals surface area contributed by atoms with E-state index >= 15 is 0 Å². The Morgan fingerprint density at radius 1 is 0.444 bits per heavy atom. The fourth-order valence-corrected chi connectivity index (χ4v) is 6.34. The van der Waals surface area contributed by atoms with Crippen LogP contribution in [0.1, 0.15) is 0 Å². The number of para-hydroxylation sites is 1. The Morgan fingerprint density at radius 3 is 1.80 bits per heavy atom. The first kappa shape index (κ1) is 25.4. The van der Waals surface area contributed by atoms with E-state index < -0.39 is 0 Å². The third-order valence-electron chi connectivity index (χ3n) is 8.49. The minimum absolute atomic E-state index is 0.589. The molecule has 2 heterocycles. The lowest BCUT2D eigenvalue weighted by Crippen LogP contribution is -2.09. The normalized spacial score (nSPS) is 11.6. The number of nitrogens with zero attached hydrogens (tertiary/aromatic N) is 2. The van der Waals surface area contributed by atoms with Gasteiger partial charge >= 0.3 is 0 Å². The number of oxazole rings is 1. The minimum Gasteiger partial charge on any atom is -0.454 e. The third-order valence-corrected chi connectivity index (χ3v) is 8.49. The van der Waals surface area contributed by atoms with Gasteiger partial charge in [0, 0.05) is 33.4 Å². The zero-order valence-electron chi connectivity index (χ0n) is 24.2. The van der Waals surface area contributed by atoms with E-state index in [9.17, 15) is 0 Å². The molecule has 0 saturated carbocycles. The summed E-state index contributed by atoms with van der Waals surface area (Å²) in [4.78, 5) is 7.15. The summed E-state index contributed by atoms with van der Waals surface area (Å²) in [7, 11) is 0. The average molecular weight is 579 g/mol. The van der Waals surface area contributed by atoms with Gasteiger partial charge in [-0.1, -0.05) is 91.0 Å². The Hall–Kier alpha value is -6.13. The molecule has 0 aliphatic rings. The number of furan rings is 1. The smallest absolute Gasteiger partial charge is 0.227 e. The van der Waals surface area contributed by atoms with Crippen LogP contribution in [0.15, 0.2) is 167 Å². The van der Waals surface area contributed by atoms with Crippen LogP contribution in [0.4, 0.5) is 17.1 Å². The van der Waals surface area contributed by atoms with Gasteiger partial charge < -0.3 is 13.7 Å². The zero-order valence-corrected chi connectivity index (χ0v) is 24.2. The van der Waals surface area contributed by atoms with Crippen LogP contribution in [0.5, 0.6) is 0 Å². The average Bonchev–Trinajstić information content (AvgIpc) is 3.72. The quantitative estimate of drug-likeness (QED) is 0.204. The van der Waals surface area contributed by atoms with E-state index in [1.807, 2.05) is 42.5 Å². The highest BCUT2D eigenvalue weighted by Crippen LogP contribution is 2.42. The van der Waals surface area contributed by atoms with Crippen molar-refractivity contribution in [2.24, 2.45) is 0 Å². The van der Waals surface area contributed by atoms with Gasteiger partial charge in [0.15, 0.2) is 16.7 Å². The standard InChI is InChI=1S/C41H26N2O2/c1-4-10-27(11-5-1)28-16-19-32(20-17-28)43(31-14-8-3-9-15-31)33-21-22-34-30(26-33)18-24-36-38(34)35-23-25-37-39(40(35)44-36)42-41(45-37)29-12-6-2-7-13-29/h1-26H. The number of hydrogen-bond acceptors (Lipinski definition) is 4. The monoisotopic (exact) mass is 578 g/mol. The molecule has 0 fully saturated rings. The van der Waals surface area contributed by atoms with Gasteiger partial charge in [0.1, 0.15) is 5.58 Å². The molecule has 9 aromatic rings. The molecule has 0 unspecified atom stereocenters. The van der Waals surface area contributed by atoms with Crippen LogP contribution in [0.25, 0.3) is 66.4 Å². The molecular weight excluding hydrogens is 552 g/mol. The SMILES string of the molecule is c1ccc(-c2ccc(N(c3ccccc3)c3ccc4c(ccc5oc6c(ccc7oc(-c8ccccc8)nc76)c54)c3)cc2)cc1. The Kier molecular flexibility index (Phi) is 5.78. The van der Waals surface area contributed by atoms with Gasteiger partial charge in [-0.2, -0.15) is 0 Å². The molecule has 0 aliphatic carbocycles. The predicted octanol–water partition coefficient (Wildman–Crippen LogP) is 11.7. The highest BCUT2D eigenvalue weighted by molar-refractivity contribution is 6.22. The second-order valence-corrected chi connectivity index (χ2v) is 11.2. The molecule has 0 amide bonds. The summed E-state index contributed by atoms with van der Waals surface area (Å²) in [5, 5.41) is 4.38. The van der Waals surface area contributed by atoms with Gasteiger partial charge in [-0.3, -0.25) is 0 Å². The summed E-state index contributed by atoms with van der Waals surface area (Å²) in [5.74, 6) is 0.589. The van der Waals surface area contributed by atoms with Crippen LogP contribution in [0.3, 0.4) is 0 Å². The lowest BCUT2D eigenvalue weighted by atomic mass is 10.0. The van der Waals surface area contributed by atoms with Crippen LogP contribution in [-0.4, -0.2) is 4.98 Å². The van der Waals surface area contributed by atoms with Gasteiger partial charge in [-0.05, 0) is 88.6 Å². The predicted molar refractivity (Wildman–Crippen MR) is 184 cm³/mol. The Morgan fingerprint density at radius 2 is 1.04 bits per heavy atom. The maximum absolute atomic E-state index is 6.45. The van der Waals surface area contributed by atoms with Crippen LogP contribution in [0, 0.1) is 0 Å². The lowest BCUT2D eigenvalue weighted by Gasteiger charge is -2.26. The van der Waals surface area contributed by atoms with Crippen molar-refractivity contribution < 1.29 is 8.83 Å². The molecule has 0 aliphatic heterocycles. The molecular formula is C41H26N2O2. The van der Waals surface area contributed by atoms with Gasteiger partial charge in [0.2, 0.25) is 5.89 Å². The van der Waals surface area contributed by atoms with E-state index in [1.165, 1.54) is 11.1 Å². The van der Waals surface area contributed by atoms with Crippen molar-refractivity contribution >= 4 is 60.9 Å². The van der Waals surface area contributed by atoms with E-state index in [2.05, 4.69) is 120 Å². The van der Waals surface area contributed by atoms with Crippen molar-refractivity contribution in [1.29, 1.82) is 0 Å². The van der Waals surface area contributed by atoms with E-state index in [1.54, 1.807) is 0 Å². The molecule has 0 N–H and O–H groups in total. The summed E-state index contributed by atoms with van der Waals surface area (Å²) in [6, 6.07) is 54.7. The second-order valence-electron chi connectivity index (χ2n) is 11.2. The Labute approximate surface area is 259 Å². The summed E-state index contributed by atoms with van der Waals surface area (Å²) < 4.78 is 12.6. The number of fused-ring (bicyclic) bond motifs is 7. The van der Waals surface area contributed by atoms with Crippen molar-refractivity contribution in [3.63, 3.8) is 0 Å². The maximum Gasteiger partial charge on any atom is 0.227 e. The maximum atomic E-state index is 6.45. The van der Waals surface area contributed by atoms with Crippen LogP contribution in [-0.2, 0) is 0 Å². The first-order valence-electron chi connectivity index (χ1n) is 15.0. The summed E-state index contributed by atoms with van der Waals surface area (Å²) in [6.07, 6.45) is 0. The molecule has 0 spiro atoms. The van der Waals surface area contributed by atoms with Crippen molar-refractivity contribution in [2.75, 3.05) is 4.90 Å². The fourth-order valence-electron chi connectivity index (χ4n) is 6.34. The molecule has 2 aromatic heterocycles. The van der Waals surface area contributed by atoms with Crippen LogP contribution >= 0.6 is 0 Å². The number of rotatable bonds is 5. The number of hydrogen-bond donors (Lipinski definition) is 0. The molecule has 4 nitrogen and oxygen atoms in total. The first-order valence-corrected chi connectivity index (χ1v) is 15.0. The molecule has 0 radical (unpaired) electrons. The van der Waals surface area contributed by atoms with Crippen LogP contribution < -0.4 is 4.90 Å². The minimum atomic E-state index is 0.589. The van der Waals surface area contributed by atoms with Crippen molar-refractivity contribution in [2.45, 2.75) is 0 Å². The van der Waals surface area contributed by atoms with E-state index in [4.69, 9.17) is 13.8 Å². The van der Waals surface area contributed by atoms with E-state index in [0.29, 0.717) is 11.5 Å². The third kappa shape index (κ3) is 4.27. The van der Waals surface area contributed by atoms with Crippen LogP contribution in [0.2, 0.25) is 0 Å². The van der Waals surface area contributed by atoms with Gasteiger partial charge in [0.25, 0.3) is 0 Å².